The summed E-state index contributed by atoms with van der Waals surface area (Å²) in [6.45, 7) is 4.02. The van der Waals surface area contributed by atoms with Gasteiger partial charge in [-0.1, -0.05) is 13.8 Å². The number of imidazole rings is 1. The van der Waals surface area contributed by atoms with Crippen LogP contribution in [-0.2, 0) is 19.6 Å². The third kappa shape index (κ3) is 2.80. The maximum atomic E-state index is 12.7. The van der Waals surface area contributed by atoms with Crippen molar-refractivity contribution in [3.8, 4) is 0 Å². The maximum Gasteiger partial charge on any atom is 0.416 e. The van der Waals surface area contributed by atoms with Crippen LogP contribution >= 0.6 is 0 Å². The second-order valence-electron chi connectivity index (χ2n) is 5.40. The van der Waals surface area contributed by atoms with Crippen molar-refractivity contribution in [2.75, 3.05) is 0 Å². The summed E-state index contributed by atoms with van der Waals surface area (Å²) in [6, 6.07) is 3.55. The molecule has 0 fully saturated rings. The van der Waals surface area contributed by atoms with Gasteiger partial charge in [-0.25, -0.2) is 4.98 Å². The molecule has 2 rings (SSSR count). The second-order valence-corrected chi connectivity index (χ2v) is 5.40. The molecule has 0 radical (unpaired) electrons. The largest absolute Gasteiger partial charge is 0.416 e. The predicted octanol–water partition coefficient (Wildman–Crippen LogP) is 3.12. The zero-order chi connectivity index (χ0) is 15.1. The van der Waals surface area contributed by atoms with Crippen molar-refractivity contribution < 1.29 is 13.2 Å². The monoisotopic (exact) mass is 285 g/mol. The summed E-state index contributed by atoms with van der Waals surface area (Å²) in [5.41, 5.74) is 6.37. The Labute approximate surface area is 115 Å². The van der Waals surface area contributed by atoms with E-state index in [1.165, 1.54) is 6.07 Å². The number of hydrogen-bond donors (Lipinski definition) is 1. The smallest absolute Gasteiger partial charge is 0.331 e. The number of hydrogen-bond acceptors (Lipinski definition) is 2. The lowest BCUT2D eigenvalue weighted by molar-refractivity contribution is -0.137. The Kier molecular flexibility index (Phi) is 3.77. The van der Waals surface area contributed by atoms with Gasteiger partial charge in [0.15, 0.2) is 0 Å². The molecule has 0 spiro atoms. The van der Waals surface area contributed by atoms with Gasteiger partial charge in [0.2, 0.25) is 0 Å². The molecular weight excluding hydrogens is 267 g/mol. The van der Waals surface area contributed by atoms with E-state index in [1.807, 2.05) is 13.8 Å². The van der Waals surface area contributed by atoms with Crippen LogP contribution in [-0.4, -0.2) is 15.6 Å². The van der Waals surface area contributed by atoms with Crippen LogP contribution in [0.4, 0.5) is 13.2 Å². The first-order valence-corrected chi connectivity index (χ1v) is 6.48. The summed E-state index contributed by atoms with van der Waals surface area (Å²) in [6.07, 6.45) is -3.80. The molecule has 1 heterocycles. The molecule has 1 unspecified atom stereocenters. The number of alkyl halides is 3. The lowest BCUT2D eigenvalue weighted by Crippen LogP contribution is -2.29. The average Bonchev–Trinajstić information content (AvgIpc) is 2.64. The molecule has 1 aromatic heterocycles. The molecule has 0 amide bonds. The van der Waals surface area contributed by atoms with Gasteiger partial charge in [0.1, 0.15) is 5.82 Å². The molecule has 0 saturated carbocycles. The minimum atomic E-state index is -4.35. The van der Waals surface area contributed by atoms with Crippen LogP contribution < -0.4 is 5.73 Å². The zero-order valence-electron chi connectivity index (χ0n) is 11.7. The molecule has 110 valence electrons. The van der Waals surface area contributed by atoms with E-state index in [-0.39, 0.29) is 6.04 Å². The molecule has 0 aliphatic heterocycles. The highest BCUT2D eigenvalue weighted by Crippen LogP contribution is 2.31. The third-order valence-corrected chi connectivity index (χ3v) is 3.58. The van der Waals surface area contributed by atoms with Gasteiger partial charge in [-0.2, -0.15) is 13.2 Å². The van der Waals surface area contributed by atoms with E-state index < -0.39 is 11.7 Å². The van der Waals surface area contributed by atoms with Gasteiger partial charge >= 0.3 is 6.18 Å². The van der Waals surface area contributed by atoms with Crippen LogP contribution in [0.3, 0.4) is 0 Å². The van der Waals surface area contributed by atoms with Crippen molar-refractivity contribution in [1.82, 2.24) is 9.55 Å². The average molecular weight is 285 g/mol. The number of halogens is 3. The first-order chi connectivity index (χ1) is 9.20. The fourth-order valence-electron chi connectivity index (χ4n) is 2.06. The predicted molar refractivity (Wildman–Crippen MR) is 72.2 cm³/mol. The van der Waals surface area contributed by atoms with E-state index in [0.29, 0.717) is 29.2 Å². The van der Waals surface area contributed by atoms with E-state index >= 15 is 0 Å². The summed E-state index contributed by atoms with van der Waals surface area (Å²) in [4.78, 5) is 4.29. The summed E-state index contributed by atoms with van der Waals surface area (Å²) >= 11 is 0. The lowest BCUT2D eigenvalue weighted by atomic mass is 10.0. The molecule has 2 aromatic rings. The molecule has 0 saturated heterocycles. The minimum absolute atomic E-state index is 0.0624. The summed E-state index contributed by atoms with van der Waals surface area (Å²) in [5, 5.41) is 0. The van der Waals surface area contributed by atoms with Crippen LogP contribution in [0.5, 0.6) is 0 Å². The number of nitrogens with two attached hydrogens (primary N) is 1. The van der Waals surface area contributed by atoms with Crippen LogP contribution in [0, 0.1) is 5.92 Å². The van der Waals surface area contributed by atoms with Crippen LogP contribution in [0.25, 0.3) is 11.0 Å². The second kappa shape index (κ2) is 5.09. The normalized spacial score (nSPS) is 14.2. The Balaban J connectivity index is 2.42. The van der Waals surface area contributed by atoms with Crippen LogP contribution in [0.15, 0.2) is 18.2 Å². The highest BCUT2D eigenvalue weighted by Gasteiger charge is 2.31. The van der Waals surface area contributed by atoms with Crippen molar-refractivity contribution in [2.45, 2.75) is 32.5 Å². The summed E-state index contributed by atoms with van der Waals surface area (Å²) < 4.78 is 39.9. The third-order valence-electron chi connectivity index (χ3n) is 3.58. The Morgan fingerprint density at radius 3 is 2.50 bits per heavy atom. The molecule has 0 aliphatic rings. The highest BCUT2D eigenvalue weighted by atomic mass is 19.4. The number of aryl methyl sites for hydroxylation is 1. The molecule has 0 bridgehead atoms. The molecule has 1 atom stereocenters. The van der Waals surface area contributed by atoms with Gasteiger partial charge in [-0.15, -0.1) is 0 Å². The van der Waals surface area contributed by atoms with Crippen molar-refractivity contribution in [3.63, 3.8) is 0 Å². The fourth-order valence-corrected chi connectivity index (χ4v) is 2.06. The SMILES string of the molecule is CC(C)C(N)Cc1nc2cc(C(F)(F)F)ccc2n1C. The Bertz CT molecular complexity index is 614. The molecule has 6 heteroatoms. The van der Waals surface area contributed by atoms with Gasteiger partial charge in [-0.05, 0) is 24.1 Å². The topological polar surface area (TPSA) is 43.8 Å². The van der Waals surface area contributed by atoms with Gasteiger partial charge in [-0.3, -0.25) is 0 Å². The fraction of sp³-hybridized carbons (Fsp3) is 0.500. The van der Waals surface area contributed by atoms with Crippen LogP contribution in [0.2, 0.25) is 0 Å². The number of fused-ring (bicyclic) bond motifs is 1. The van der Waals surface area contributed by atoms with Gasteiger partial charge in [0, 0.05) is 19.5 Å². The Morgan fingerprint density at radius 1 is 1.30 bits per heavy atom. The number of nitrogens with zero attached hydrogens (tertiary/aromatic N) is 2. The van der Waals surface area contributed by atoms with Gasteiger partial charge < -0.3 is 10.3 Å². The molecule has 0 aliphatic carbocycles. The van der Waals surface area contributed by atoms with E-state index in [2.05, 4.69) is 4.98 Å². The maximum absolute atomic E-state index is 12.7. The zero-order valence-corrected chi connectivity index (χ0v) is 11.7. The molecule has 2 N–H and O–H groups in total. The van der Waals surface area contributed by atoms with Crippen molar-refractivity contribution >= 4 is 11.0 Å². The quantitative estimate of drug-likeness (QED) is 0.941. The van der Waals surface area contributed by atoms with Crippen LogP contribution in [0.1, 0.15) is 25.2 Å². The summed E-state index contributed by atoms with van der Waals surface area (Å²) in [7, 11) is 1.80. The van der Waals surface area contributed by atoms with Gasteiger partial charge in [0.25, 0.3) is 0 Å². The van der Waals surface area contributed by atoms with Gasteiger partial charge in [0.05, 0.1) is 16.6 Å². The Morgan fingerprint density at radius 2 is 1.95 bits per heavy atom. The lowest BCUT2D eigenvalue weighted by Gasteiger charge is -2.14. The van der Waals surface area contributed by atoms with E-state index in [4.69, 9.17) is 5.73 Å². The van der Waals surface area contributed by atoms with E-state index in [0.717, 1.165) is 12.1 Å². The summed E-state index contributed by atoms with van der Waals surface area (Å²) in [5.74, 6) is 1.00. The van der Waals surface area contributed by atoms with E-state index in [9.17, 15) is 13.2 Å². The number of benzene rings is 1. The molecule has 3 nitrogen and oxygen atoms in total. The molecule has 1 aromatic carbocycles. The standard InChI is InChI=1S/C14H18F3N3/c1-8(2)10(18)7-13-19-11-6-9(14(15,16)17)4-5-12(11)20(13)3/h4-6,8,10H,7,18H2,1-3H3. The number of aromatic nitrogens is 2. The van der Waals surface area contributed by atoms with Crippen molar-refractivity contribution in [3.05, 3.63) is 29.6 Å². The molecule has 20 heavy (non-hydrogen) atoms. The first kappa shape index (κ1) is 14.8. The van der Waals surface area contributed by atoms with Crippen molar-refractivity contribution in [2.24, 2.45) is 18.7 Å². The highest BCUT2D eigenvalue weighted by molar-refractivity contribution is 5.77. The Hall–Kier alpha value is -1.56. The van der Waals surface area contributed by atoms with Crippen molar-refractivity contribution in [1.29, 1.82) is 0 Å². The number of rotatable bonds is 3. The first-order valence-electron chi connectivity index (χ1n) is 6.48. The van der Waals surface area contributed by atoms with E-state index in [1.54, 1.807) is 11.6 Å². The minimum Gasteiger partial charge on any atom is -0.331 e. The molecular formula is C14H18F3N3.